The molecule has 1 amide bonds. The van der Waals surface area contributed by atoms with E-state index in [1.165, 1.54) is 18.4 Å². The Labute approximate surface area is 121 Å². The Morgan fingerprint density at radius 3 is 2.55 bits per heavy atom. The SMILES string of the molecule is CCNC(=O)[C@@H](C)N(Cc1ccc(OC)cc1)C1CC1. The number of nitrogens with one attached hydrogen (secondary N) is 1. The number of carbonyl (C=O) groups excluding carboxylic acids is 1. The van der Waals surface area contributed by atoms with Gasteiger partial charge in [-0.05, 0) is 44.4 Å². The summed E-state index contributed by atoms with van der Waals surface area (Å²) in [6.45, 7) is 5.44. The Hall–Kier alpha value is -1.55. The van der Waals surface area contributed by atoms with Crippen LogP contribution in [0.5, 0.6) is 5.75 Å². The molecule has 0 aromatic heterocycles. The molecule has 1 fully saturated rings. The highest BCUT2D eigenvalue weighted by molar-refractivity contribution is 5.81. The van der Waals surface area contributed by atoms with Crippen LogP contribution in [0.4, 0.5) is 0 Å². The summed E-state index contributed by atoms with van der Waals surface area (Å²) in [5, 5.41) is 2.91. The molecule has 0 unspecified atom stereocenters. The van der Waals surface area contributed by atoms with Gasteiger partial charge in [0.25, 0.3) is 0 Å². The molecule has 1 aliphatic rings. The van der Waals surface area contributed by atoms with Crippen LogP contribution in [-0.2, 0) is 11.3 Å². The van der Waals surface area contributed by atoms with E-state index < -0.39 is 0 Å². The van der Waals surface area contributed by atoms with Gasteiger partial charge >= 0.3 is 0 Å². The molecule has 0 spiro atoms. The summed E-state index contributed by atoms with van der Waals surface area (Å²) in [4.78, 5) is 14.3. The minimum absolute atomic E-state index is 0.0791. The van der Waals surface area contributed by atoms with Crippen LogP contribution < -0.4 is 10.1 Å². The average molecular weight is 276 g/mol. The normalized spacial score (nSPS) is 16.0. The second-order valence-electron chi connectivity index (χ2n) is 5.32. The molecule has 2 rings (SSSR count). The van der Waals surface area contributed by atoms with E-state index in [0.29, 0.717) is 12.6 Å². The first-order valence-corrected chi connectivity index (χ1v) is 7.32. The van der Waals surface area contributed by atoms with Crippen LogP contribution in [0.15, 0.2) is 24.3 Å². The molecular formula is C16H24N2O2. The van der Waals surface area contributed by atoms with Crippen molar-refractivity contribution in [1.29, 1.82) is 0 Å². The molecule has 0 heterocycles. The zero-order chi connectivity index (χ0) is 14.5. The fourth-order valence-electron chi connectivity index (χ4n) is 2.40. The van der Waals surface area contributed by atoms with Crippen molar-refractivity contribution < 1.29 is 9.53 Å². The largest absolute Gasteiger partial charge is 0.497 e. The smallest absolute Gasteiger partial charge is 0.237 e. The standard InChI is InChI=1S/C16H24N2O2/c1-4-17-16(19)12(2)18(14-7-8-14)11-13-5-9-15(20-3)10-6-13/h5-6,9-10,12,14H,4,7-8,11H2,1-3H3,(H,17,19)/t12-/m1/s1. The van der Waals surface area contributed by atoms with Gasteiger partial charge in [-0.25, -0.2) is 0 Å². The number of methoxy groups -OCH3 is 1. The fourth-order valence-corrected chi connectivity index (χ4v) is 2.40. The number of amides is 1. The van der Waals surface area contributed by atoms with Crippen LogP contribution in [0.1, 0.15) is 32.3 Å². The highest BCUT2D eigenvalue weighted by Gasteiger charge is 2.34. The van der Waals surface area contributed by atoms with Gasteiger partial charge in [0.2, 0.25) is 5.91 Å². The number of likely N-dealkylation sites (N-methyl/N-ethyl adjacent to an activating group) is 1. The molecule has 0 radical (unpaired) electrons. The molecule has 0 bridgehead atoms. The molecule has 4 nitrogen and oxygen atoms in total. The summed E-state index contributed by atoms with van der Waals surface area (Å²) in [7, 11) is 1.67. The van der Waals surface area contributed by atoms with Crippen LogP contribution >= 0.6 is 0 Å². The maximum absolute atomic E-state index is 12.0. The fraction of sp³-hybridized carbons (Fsp3) is 0.562. The number of carbonyl (C=O) groups is 1. The number of benzene rings is 1. The molecule has 0 saturated heterocycles. The van der Waals surface area contributed by atoms with Crippen LogP contribution in [-0.4, -0.2) is 36.5 Å². The highest BCUT2D eigenvalue weighted by atomic mass is 16.5. The van der Waals surface area contributed by atoms with E-state index in [-0.39, 0.29) is 11.9 Å². The lowest BCUT2D eigenvalue weighted by molar-refractivity contribution is -0.126. The lowest BCUT2D eigenvalue weighted by Crippen LogP contribution is -2.45. The molecule has 0 aliphatic heterocycles. The van der Waals surface area contributed by atoms with Crippen molar-refractivity contribution in [2.75, 3.05) is 13.7 Å². The van der Waals surface area contributed by atoms with Crippen molar-refractivity contribution in [3.63, 3.8) is 0 Å². The molecule has 1 aliphatic carbocycles. The topological polar surface area (TPSA) is 41.6 Å². The third-order valence-electron chi connectivity index (χ3n) is 3.77. The van der Waals surface area contributed by atoms with E-state index in [0.717, 1.165) is 12.3 Å². The van der Waals surface area contributed by atoms with Gasteiger partial charge in [-0.2, -0.15) is 0 Å². The van der Waals surface area contributed by atoms with E-state index in [2.05, 4.69) is 22.3 Å². The highest BCUT2D eigenvalue weighted by Crippen LogP contribution is 2.30. The van der Waals surface area contributed by atoms with Crippen molar-refractivity contribution >= 4 is 5.91 Å². The zero-order valence-electron chi connectivity index (χ0n) is 12.6. The van der Waals surface area contributed by atoms with E-state index >= 15 is 0 Å². The molecule has 20 heavy (non-hydrogen) atoms. The van der Waals surface area contributed by atoms with Gasteiger partial charge in [0.15, 0.2) is 0 Å². The molecular weight excluding hydrogens is 252 g/mol. The van der Waals surface area contributed by atoms with Crippen molar-refractivity contribution in [2.45, 2.75) is 45.3 Å². The van der Waals surface area contributed by atoms with E-state index in [9.17, 15) is 4.79 Å². The molecule has 1 aromatic carbocycles. The summed E-state index contributed by atoms with van der Waals surface area (Å²) in [5.74, 6) is 0.983. The summed E-state index contributed by atoms with van der Waals surface area (Å²) in [6.07, 6.45) is 2.39. The van der Waals surface area contributed by atoms with Gasteiger partial charge < -0.3 is 10.1 Å². The van der Waals surface area contributed by atoms with E-state index in [1.807, 2.05) is 26.0 Å². The molecule has 4 heteroatoms. The number of hydrogen-bond donors (Lipinski definition) is 1. The predicted octanol–water partition coefficient (Wildman–Crippen LogP) is 2.18. The first-order chi connectivity index (χ1) is 9.65. The maximum Gasteiger partial charge on any atom is 0.237 e. The minimum atomic E-state index is -0.0791. The third kappa shape index (κ3) is 3.73. The molecule has 1 aromatic rings. The van der Waals surface area contributed by atoms with Crippen molar-refractivity contribution in [3.8, 4) is 5.75 Å². The minimum Gasteiger partial charge on any atom is -0.497 e. The first kappa shape index (κ1) is 14.9. The second-order valence-corrected chi connectivity index (χ2v) is 5.32. The van der Waals surface area contributed by atoms with Gasteiger partial charge in [-0.3, -0.25) is 9.69 Å². The summed E-state index contributed by atoms with van der Waals surface area (Å²) in [6, 6.07) is 8.55. The third-order valence-corrected chi connectivity index (χ3v) is 3.77. The van der Waals surface area contributed by atoms with E-state index in [4.69, 9.17) is 4.74 Å². The van der Waals surface area contributed by atoms with E-state index in [1.54, 1.807) is 7.11 Å². The first-order valence-electron chi connectivity index (χ1n) is 7.32. The summed E-state index contributed by atoms with van der Waals surface area (Å²) >= 11 is 0. The molecule has 110 valence electrons. The maximum atomic E-state index is 12.0. The van der Waals surface area contributed by atoms with Gasteiger partial charge in [0, 0.05) is 19.1 Å². The predicted molar refractivity (Wildman–Crippen MR) is 79.7 cm³/mol. The number of hydrogen-bond acceptors (Lipinski definition) is 3. The summed E-state index contributed by atoms with van der Waals surface area (Å²) in [5.41, 5.74) is 1.22. The quantitative estimate of drug-likeness (QED) is 0.830. The Balaban J connectivity index is 2.03. The average Bonchev–Trinajstić information content (AvgIpc) is 3.29. The van der Waals surface area contributed by atoms with Crippen LogP contribution in [0.2, 0.25) is 0 Å². The lowest BCUT2D eigenvalue weighted by atomic mass is 10.1. The Kier molecular flexibility index (Phi) is 5.01. The van der Waals surface area contributed by atoms with Gasteiger partial charge in [-0.15, -0.1) is 0 Å². The van der Waals surface area contributed by atoms with Gasteiger partial charge in [0.1, 0.15) is 5.75 Å². The Morgan fingerprint density at radius 2 is 2.05 bits per heavy atom. The van der Waals surface area contributed by atoms with Crippen molar-refractivity contribution in [3.05, 3.63) is 29.8 Å². The molecule has 1 N–H and O–H groups in total. The van der Waals surface area contributed by atoms with Gasteiger partial charge in [-0.1, -0.05) is 12.1 Å². The monoisotopic (exact) mass is 276 g/mol. The number of rotatable bonds is 7. The van der Waals surface area contributed by atoms with Crippen molar-refractivity contribution in [1.82, 2.24) is 10.2 Å². The molecule has 1 atom stereocenters. The van der Waals surface area contributed by atoms with Crippen LogP contribution in [0, 0.1) is 0 Å². The van der Waals surface area contributed by atoms with Crippen LogP contribution in [0.3, 0.4) is 0 Å². The lowest BCUT2D eigenvalue weighted by Gasteiger charge is -2.28. The number of ether oxygens (including phenoxy) is 1. The Bertz CT molecular complexity index is 440. The van der Waals surface area contributed by atoms with Gasteiger partial charge in [0.05, 0.1) is 13.2 Å². The second kappa shape index (κ2) is 6.75. The zero-order valence-corrected chi connectivity index (χ0v) is 12.6. The summed E-state index contributed by atoms with van der Waals surface area (Å²) < 4.78 is 5.17. The number of nitrogens with zero attached hydrogens (tertiary/aromatic N) is 1. The Morgan fingerprint density at radius 1 is 1.40 bits per heavy atom. The van der Waals surface area contributed by atoms with Crippen LogP contribution in [0.25, 0.3) is 0 Å². The van der Waals surface area contributed by atoms with Crippen molar-refractivity contribution in [2.24, 2.45) is 0 Å². The molecule has 1 saturated carbocycles.